The van der Waals surface area contributed by atoms with Gasteiger partial charge in [0, 0.05) is 0 Å². The van der Waals surface area contributed by atoms with Crippen molar-refractivity contribution < 1.29 is 64.5 Å². The van der Waals surface area contributed by atoms with Crippen LogP contribution < -0.4 is 0 Å². The molecule has 0 bridgehead atoms. The molecule has 3 rings (SSSR count). The van der Waals surface area contributed by atoms with Crippen LogP contribution in [0.2, 0.25) is 0 Å². The van der Waals surface area contributed by atoms with E-state index in [1.807, 2.05) is 0 Å². The van der Waals surface area contributed by atoms with E-state index in [4.69, 9.17) is 23.7 Å². The lowest BCUT2D eigenvalue weighted by atomic mass is 10.0. The fraction of sp³-hybridized carbons (Fsp3) is 1.00. The zero-order valence-corrected chi connectivity index (χ0v) is 14.7. The van der Waals surface area contributed by atoms with Gasteiger partial charge in [0.05, 0.1) is 19.8 Å². The molecule has 0 radical (unpaired) electrons. The van der Waals surface area contributed by atoms with Crippen LogP contribution in [0.1, 0.15) is 0 Å². The zero-order valence-electron chi connectivity index (χ0n) is 14.7. The van der Waals surface area contributed by atoms with Gasteiger partial charge in [-0.1, -0.05) is 0 Å². The van der Waals surface area contributed by atoms with Gasteiger partial charge in [-0.15, -0.1) is 0 Å². The van der Waals surface area contributed by atoms with Gasteiger partial charge < -0.3 is 64.5 Å². The summed E-state index contributed by atoms with van der Waals surface area (Å²) in [5.74, 6) is 0. The molecule has 0 amide bonds. The third kappa shape index (κ3) is 4.46. The van der Waals surface area contributed by atoms with Crippen LogP contribution in [0, 0.1) is 0 Å². The van der Waals surface area contributed by atoms with Crippen LogP contribution in [-0.2, 0) is 23.7 Å². The molecule has 13 heteroatoms. The van der Waals surface area contributed by atoms with E-state index in [0.29, 0.717) is 0 Å². The number of rotatable bonds is 4. The molecule has 0 saturated carbocycles. The third-order valence-electron chi connectivity index (χ3n) is 4.93. The highest BCUT2D eigenvalue weighted by Crippen LogP contribution is 2.27. The monoisotopic (exact) mass is 414 g/mol. The molecule has 0 aliphatic carbocycles. The molecule has 28 heavy (non-hydrogen) atoms. The quantitative estimate of drug-likeness (QED) is 0.216. The molecular formula is C15H26O13. The van der Waals surface area contributed by atoms with Crippen molar-refractivity contribution in [1.82, 2.24) is 0 Å². The molecule has 8 N–H and O–H groups in total. The van der Waals surface area contributed by atoms with E-state index >= 15 is 0 Å². The number of hydrogen-bond donors (Lipinski definition) is 8. The first-order chi connectivity index (χ1) is 13.2. The Labute approximate surface area is 159 Å². The topological polar surface area (TPSA) is 208 Å². The van der Waals surface area contributed by atoms with E-state index in [1.54, 1.807) is 0 Å². The maximum atomic E-state index is 10.5. The number of ether oxygens (including phenoxy) is 5. The molecular weight excluding hydrogens is 388 g/mol. The van der Waals surface area contributed by atoms with Gasteiger partial charge >= 0.3 is 0 Å². The van der Waals surface area contributed by atoms with Gasteiger partial charge in [-0.05, 0) is 0 Å². The number of hydrogen-bond acceptors (Lipinski definition) is 13. The summed E-state index contributed by atoms with van der Waals surface area (Å²) in [6, 6.07) is 0. The van der Waals surface area contributed by atoms with E-state index in [0.717, 1.165) is 0 Å². The molecule has 3 aliphatic rings. The minimum Gasteiger partial charge on any atom is -0.388 e. The molecule has 3 aliphatic heterocycles. The lowest BCUT2D eigenvalue weighted by Crippen LogP contribution is -2.62. The van der Waals surface area contributed by atoms with Crippen molar-refractivity contribution in [2.24, 2.45) is 0 Å². The van der Waals surface area contributed by atoms with Crippen LogP contribution >= 0.6 is 0 Å². The highest BCUT2D eigenvalue weighted by atomic mass is 16.7. The Morgan fingerprint density at radius 3 is 1.82 bits per heavy atom. The number of aliphatic hydroxyl groups excluding tert-OH is 8. The number of aliphatic hydroxyl groups is 8. The van der Waals surface area contributed by atoms with Crippen molar-refractivity contribution in [1.29, 1.82) is 0 Å². The zero-order chi connectivity index (χ0) is 20.6. The van der Waals surface area contributed by atoms with E-state index in [-0.39, 0.29) is 19.8 Å². The average molecular weight is 414 g/mol. The van der Waals surface area contributed by atoms with Gasteiger partial charge in [-0.3, -0.25) is 0 Å². The fourth-order valence-corrected chi connectivity index (χ4v) is 3.19. The summed E-state index contributed by atoms with van der Waals surface area (Å²) in [7, 11) is 0. The molecule has 0 unspecified atom stereocenters. The predicted octanol–water partition coefficient (Wildman–Crippen LogP) is -5.66. The predicted molar refractivity (Wildman–Crippen MR) is 83.2 cm³/mol. The lowest BCUT2D eigenvalue weighted by molar-refractivity contribution is -0.351. The molecule has 0 aromatic rings. The van der Waals surface area contributed by atoms with Crippen LogP contribution in [0.5, 0.6) is 0 Å². The Bertz CT molecular complexity index is 508. The van der Waals surface area contributed by atoms with E-state index in [1.165, 1.54) is 0 Å². The van der Waals surface area contributed by atoms with Crippen molar-refractivity contribution in [3.8, 4) is 0 Å². The lowest BCUT2D eigenvalue weighted by Gasteiger charge is -2.43. The molecule has 164 valence electrons. The third-order valence-corrected chi connectivity index (χ3v) is 4.93. The van der Waals surface area contributed by atoms with E-state index < -0.39 is 73.8 Å². The Morgan fingerprint density at radius 2 is 1.14 bits per heavy atom. The highest BCUT2D eigenvalue weighted by Gasteiger charge is 2.48. The van der Waals surface area contributed by atoms with Gasteiger partial charge in [0.1, 0.15) is 54.9 Å². The van der Waals surface area contributed by atoms with Crippen molar-refractivity contribution in [3.05, 3.63) is 0 Å². The molecule has 0 aromatic heterocycles. The summed E-state index contributed by atoms with van der Waals surface area (Å²) >= 11 is 0. The Morgan fingerprint density at radius 1 is 0.536 bits per heavy atom. The largest absolute Gasteiger partial charge is 0.388 e. The second-order valence-corrected chi connectivity index (χ2v) is 6.99. The molecule has 3 saturated heterocycles. The van der Waals surface area contributed by atoms with Crippen molar-refractivity contribution in [2.75, 3.05) is 19.8 Å². The Hall–Kier alpha value is -0.520. The first-order valence-corrected chi connectivity index (χ1v) is 8.81. The first-order valence-electron chi connectivity index (χ1n) is 8.81. The van der Waals surface area contributed by atoms with Crippen molar-refractivity contribution in [3.63, 3.8) is 0 Å². The summed E-state index contributed by atoms with van der Waals surface area (Å²) < 4.78 is 25.9. The van der Waals surface area contributed by atoms with Gasteiger partial charge in [-0.25, -0.2) is 0 Å². The normalized spacial score (nSPS) is 53.1. The molecule has 3 heterocycles. The summed E-state index contributed by atoms with van der Waals surface area (Å²) in [4.78, 5) is 0. The maximum absolute atomic E-state index is 10.5. The fourth-order valence-electron chi connectivity index (χ4n) is 3.19. The minimum absolute atomic E-state index is 0.297. The second-order valence-electron chi connectivity index (χ2n) is 6.99. The van der Waals surface area contributed by atoms with E-state index in [9.17, 15) is 40.9 Å². The Balaban J connectivity index is 1.62. The van der Waals surface area contributed by atoms with Crippen LogP contribution in [0.25, 0.3) is 0 Å². The van der Waals surface area contributed by atoms with Crippen LogP contribution in [0.4, 0.5) is 0 Å². The van der Waals surface area contributed by atoms with Gasteiger partial charge in [0.25, 0.3) is 0 Å². The summed E-state index contributed by atoms with van der Waals surface area (Å²) in [5, 5.41) is 78.6. The minimum atomic E-state index is -1.63. The second kappa shape index (κ2) is 9.09. The van der Waals surface area contributed by atoms with Gasteiger partial charge in [-0.2, -0.15) is 0 Å². The molecule has 3 fully saturated rings. The SMILES string of the molecule is O[C@@H]1[C@@H](O)[C@@H](O[C@@H]2[C@@H](O)[C@H](O[C@@H]3CO[C@@H](O)[C@H](O)[C@H]3O)OC[C@H]2O)OC[C@H]1O. The van der Waals surface area contributed by atoms with Gasteiger partial charge in [0.15, 0.2) is 18.9 Å². The first kappa shape index (κ1) is 22.2. The average Bonchev–Trinajstić information content (AvgIpc) is 2.67. The van der Waals surface area contributed by atoms with E-state index in [2.05, 4.69) is 0 Å². The summed E-state index contributed by atoms with van der Waals surface area (Å²) in [6.07, 6.45) is -17.5. The highest BCUT2D eigenvalue weighted by molar-refractivity contribution is 4.90. The standard InChI is InChI=1S/C15H26O13/c16-4-1-25-14(10(21)7(4)18)28-12-5(17)2-26-15(11(12)22)27-6-3-24-13(23)9(20)8(6)19/h4-23H,1-3H2/t4-,5-,6-,7+,8+,9-,10-,11-,12+,13-,14-,15+/m1/s1. The maximum Gasteiger partial charge on any atom is 0.186 e. The van der Waals surface area contributed by atoms with Crippen LogP contribution in [0.15, 0.2) is 0 Å². The summed E-state index contributed by atoms with van der Waals surface area (Å²) in [5.41, 5.74) is 0. The molecule has 0 aromatic carbocycles. The van der Waals surface area contributed by atoms with Crippen LogP contribution in [-0.4, -0.2) is 134 Å². The summed E-state index contributed by atoms with van der Waals surface area (Å²) in [6.45, 7) is -0.964. The molecule has 0 spiro atoms. The Kier molecular flexibility index (Phi) is 7.20. The molecule has 12 atom stereocenters. The van der Waals surface area contributed by atoms with Crippen LogP contribution in [0.3, 0.4) is 0 Å². The molecule has 13 nitrogen and oxygen atoms in total. The smallest absolute Gasteiger partial charge is 0.186 e. The van der Waals surface area contributed by atoms with Gasteiger partial charge in [0.2, 0.25) is 0 Å². The van der Waals surface area contributed by atoms with Crippen molar-refractivity contribution >= 4 is 0 Å². The van der Waals surface area contributed by atoms with Crippen molar-refractivity contribution in [2.45, 2.75) is 73.8 Å².